The molecule has 4 rings (SSSR count). The molecule has 1 aliphatic carbocycles. The van der Waals surface area contributed by atoms with Gasteiger partial charge in [-0.25, -0.2) is 0 Å². The number of likely N-dealkylation sites (tertiary alicyclic amines) is 1. The first-order valence-electron chi connectivity index (χ1n) is 8.77. The van der Waals surface area contributed by atoms with Crippen LogP contribution in [0.15, 0.2) is 18.2 Å². The number of hydrogen-bond donors (Lipinski definition) is 1. The van der Waals surface area contributed by atoms with Gasteiger partial charge < -0.3 is 14.4 Å². The lowest BCUT2D eigenvalue weighted by molar-refractivity contribution is 0.112. The van der Waals surface area contributed by atoms with Crippen molar-refractivity contribution in [3.05, 3.63) is 29.5 Å². The number of methoxy groups -OCH3 is 1. The Morgan fingerprint density at radius 1 is 1.29 bits per heavy atom. The van der Waals surface area contributed by atoms with Crippen molar-refractivity contribution >= 4 is 17.2 Å². The minimum Gasteiger partial charge on any atom is -0.497 e. The number of carbonyl (C=O) groups excluding carboxylic acids is 1. The Bertz CT molecular complexity index is 764. The predicted octanol–water partition coefficient (Wildman–Crippen LogP) is 2.41. The van der Waals surface area contributed by atoms with E-state index in [9.17, 15) is 9.90 Å². The molecule has 2 fully saturated rings. The van der Waals surface area contributed by atoms with Crippen molar-refractivity contribution in [2.75, 3.05) is 26.7 Å². The zero-order valence-corrected chi connectivity index (χ0v) is 14.1. The topological polar surface area (TPSA) is 54.7 Å². The van der Waals surface area contributed by atoms with Gasteiger partial charge in [-0.15, -0.1) is 0 Å². The number of hydrogen-bond acceptors (Lipinski definition) is 4. The Morgan fingerprint density at radius 2 is 2.12 bits per heavy atom. The summed E-state index contributed by atoms with van der Waals surface area (Å²) < 4.78 is 7.66. The summed E-state index contributed by atoms with van der Waals surface area (Å²) in [6.45, 7) is 3.47. The second kappa shape index (κ2) is 6.22. The van der Waals surface area contributed by atoms with E-state index in [4.69, 9.17) is 4.74 Å². The molecule has 1 saturated carbocycles. The summed E-state index contributed by atoms with van der Waals surface area (Å²) in [4.78, 5) is 14.1. The van der Waals surface area contributed by atoms with Crippen LogP contribution in [0, 0.1) is 0 Å². The third-order valence-corrected chi connectivity index (χ3v) is 5.32. The largest absolute Gasteiger partial charge is 0.497 e. The van der Waals surface area contributed by atoms with Gasteiger partial charge in [-0.05, 0) is 43.4 Å². The molecule has 2 aromatic rings. The highest BCUT2D eigenvalue weighted by atomic mass is 16.5. The van der Waals surface area contributed by atoms with Crippen LogP contribution in [0.2, 0.25) is 0 Å². The van der Waals surface area contributed by atoms with Crippen LogP contribution in [0.4, 0.5) is 0 Å². The van der Waals surface area contributed by atoms with Crippen LogP contribution in [0.5, 0.6) is 5.75 Å². The number of aliphatic hydroxyl groups excluding tert-OH is 1. The lowest BCUT2D eigenvalue weighted by Gasteiger charge is -2.18. The maximum absolute atomic E-state index is 11.8. The molecular weight excluding hydrogens is 304 g/mol. The van der Waals surface area contributed by atoms with Crippen molar-refractivity contribution in [3.63, 3.8) is 0 Å². The summed E-state index contributed by atoms with van der Waals surface area (Å²) in [5.41, 5.74) is 3.13. The van der Waals surface area contributed by atoms with E-state index in [0.717, 1.165) is 73.9 Å². The van der Waals surface area contributed by atoms with Gasteiger partial charge in [0.1, 0.15) is 5.75 Å². The first-order valence-corrected chi connectivity index (χ1v) is 8.77. The molecule has 0 radical (unpaired) electrons. The summed E-state index contributed by atoms with van der Waals surface area (Å²) in [5.74, 6) is 1.29. The maximum Gasteiger partial charge on any atom is 0.152 e. The van der Waals surface area contributed by atoms with Crippen LogP contribution in [-0.4, -0.2) is 53.7 Å². The van der Waals surface area contributed by atoms with Gasteiger partial charge in [0.2, 0.25) is 0 Å². The molecule has 1 aromatic heterocycles. The normalized spacial score (nSPS) is 21.5. The van der Waals surface area contributed by atoms with Crippen LogP contribution in [-0.2, 0) is 6.54 Å². The summed E-state index contributed by atoms with van der Waals surface area (Å²) in [6.07, 6.45) is 4.00. The quantitative estimate of drug-likeness (QED) is 0.828. The number of aldehydes is 1. The van der Waals surface area contributed by atoms with Crippen molar-refractivity contribution < 1.29 is 14.6 Å². The van der Waals surface area contributed by atoms with Crippen LogP contribution in [0.25, 0.3) is 10.9 Å². The number of β-amino-alcohol motifs (C(OH)–C–C–N with tert-alkyl or cyclic N) is 1. The fourth-order valence-electron chi connectivity index (χ4n) is 3.92. The lowest BCUT2D eigenvalue weighted by Crippen LogP contribution is -2.26. The van der Waals surface area contributed by atoms with Crippen molar-refractivity contribution in [3.8, 4) is 5.75 Å². The van der Waals surface area contributed by atoms with E-state index in [1.165, 1.54) is 5.69 Å². The maximum atomic E-state index is 11.8. The van der Waals surface area contributed by atoms with Gasteiger partial charge in [0, 0.05) is 48.3 Å². The Balaban J connectivity index is 1.72. The molecule has 0 amide bonds. The van der Waals surface area contributed by atoms with Crippen molar-refractivity contribution in [1.29, 1.82) is 0 Å². The van der Waals surface area contributed by atoms with Gasteiger partial charge >= 0.3 is 0 Å². The Morgan fingerprint density at radius 3 is 2.75 bits per heavy atom. The molecule has 5 nitrogen and oxygen atoms in total. The van der Waals surface area contributed by atoms with E-state index in [1.54, 1.807) is 7.11 Å². The van der Waals surface area contributed by atoms with E-state index >= 15 is 0 Å². The minimum atomic E-state index is -0.191. The molecule has 0 bridgehead atoms. The van der Waals surface area contributed by atoms with E-state index in [2.05, 4.69) is 15.5 Å². The number of aromatic nitrogens is 1. The van der Waals surface area contributed by atoms with E-state index < -0.39 is 0 Å². The first-order chi connectivity index (χ1) is 11.7. The average molecular weight is 328 g/mol. The molecule has 128 valence electrons. The Labute approximate surface area is 141 Å². The number of fused-ring (bicyclic) bond motifs is 1. The Kier molecular flexibility index (Phi) is 4.06. The molecule has 5 heteroatoms. The molecule has 24 heavy (non-hydrogen) atoms. The number of nitrogens with zero attached hydrogens (tertiary/aromatic N) is 2. The predicted molar refractivity (Wildman–Crippen MR) is 92.9 cm³/mol. The minimum absolute atomic E-state index is 0.191. The van der Waals surface area contributed by atoms with Crippen molar-refractivity contribution in [1.82, 2.24) is 9.47 Å². The molecule has 1 N–H and O–H groups in total. The summed E-state index contributed by atoms with van der Waals surface area (Å²) in [6, 6.07) is 6.00. The van der Waals surface area contributed by atoms with Gasteiger partial charge in [-0.1, -0.05) is 0 Å². The summed E-state index contributed by atoms with van der Waals surface area (Å²) >= 11 is 0. The van der Waals surface area contributed by atoms with Crippen LogP contribution in [0.1, 0.15) is 41.2 Å². The van der Waals surface area contributed by atoms with E-state index in [-0.39, 0.29) is 6.10 Å². The smallest absolute Gasteiger partial charge is 0.152 e. The van der Waals surface area contributed by atoms with Crippen molar-refractivity contribution in [2.45, 2.75) is 37.8 Å². The lowest BCUT2D eigenvalue weighted by atomic mass is 10.1. The number of aliphatic hydroxyl groups is 1. The molecule has 2 aliphatic rings. The fraction of sp³-hybridized carbons (Fsp3) is 0.526. The molecule has 1 unspecified atom stereocenters. The summed E-state index contributed by atoms with van der Waals surface area (Å²) in [7, 11) is 1.65. The van der Waals surface area contributed by atoms with E-state index in [0.29, 0.717) is 5.92 Å². The van der Waals surface area contributed by atoms with Crippen LogP contribution in [0.3, 0.4) is 0 Å². The van der Waals surface area contributed by atoms with Gasteiger partial charge in [-0.3, -0.25) is 9.69 Å². The second-order valence-electron chi connectivity index (χ2n) is 6.97. The monoisotopic (exact) mass is 328 g/mol. The highest BCUT2D eigenvalue weighted by Crippen LogP contribution is 2.45. The fourth-order valence-corrected chi connectivity index (χ4v) is 3.92. The SMILES string of the molecule is COc1ccc2c(c1)c(C=O)c(C1CC1)n2CCN1CCC(O)C1. The van der Waals surface area contributed by atoms with Crippen LogP contribution >= 0.6 is 0 Å². The van der Waals surface area contributed by atoms with E-state index in [1.807, 2.05) is 12.1 Å². The third kappa shape index (κ3) is 2.72. The van der Waals surface area contributed by atoms with Gasteiger partial charge in [0.15, 0.2) is 6.29 Å². The molecule has 1 aromatic carbocycles. The number of benzene rings is 1. The number of ether oxygens (including phenoxy) is 1. The Hall–Kier alpha value is -1.85. The summed E-state index contributed by atoms with van der Waals surface area (Å²) in [5, 5.41) is 10.7. The molecule has 2 heterocycles. The highest BCUT2D eigenvalue weighted by molar-refractivity contribution is 6.00. The van der Waals surface area contributed by atoms with Crippen LogP contribution < -0.4 is 4.74 Å². The zero-order valence-electron chi connectivity index (χ0n) is 14.1. The number of carbonyl (C=O) groups is 1. The molecule has 0 spiro atoms. The van der Waals surface area contributed by atoms with Crippen molar-refractivity contribution in [2.24, 2.45) is 0 Å². The first kappa shape index (κ1) is 15.7. The van der Waals surface area contributed by atoms with Gasteiger partial charge in [0.25, 0.3) is 0 Å². The highest BCUT2D eigenvalue weighted by Gasteiger charge is 2.32. The molecular formula is C19H24N2O3. The molecule has 1 aliphatic heterocycles. The molecule has 1 atom stereocenters. The molecule has 1 saturated heterocycles. The average Bonchev–Trinajstić information content (AvgIpc) is 3.28. The standard InChI is InChI=1S/C19H24N2O3/c1-24-15-4-5-18-16(10-15)17(12-22)19(13-2-3-13)21(18)9-8-20-7-6-14(23)11-20/h4-5,10,12-14,23H,2-3,6-9,11H2,1H3. The third-order valence-electron chi connectivity index (χ3n) is 5.32. The zero-order chi connectivity index (χ0) is 16.7. The number of rotatable bonds is 6. The van der Waals surface area contributed by atoms with Gasteiger partial charge in [0.05, 0.1) is 13.2 Å². The second-order valence-corrected chi connectivity index (χ2v) is 6.97. The van der Waals surface area contributed by atoms with Gasteiger partial charge in [-0.2, -0.15) is 0 Å².